The van der Waals surface area contributed by atoms with E-state index in [1.807, 2.05) is 31.3 Å². The summed E-state index contributed by atoms with van der Waals surface area (Å²) in [6, 6.07) is 6.77. The molecular formula is C22H32N6O. The molecule has 29 heavy (non-hydrogen) atoms. The Morgan fingerprint density at radius 2 is 2.10 bits per heavy atom. The summed E-state index contributed by atoms with van der Waals surface area (Å²) in [5.41, 5.74) is 2.81. The van der Waals surface area contributed by atoms with Crippen molar-refractivity contribution in [2.45, 2.75) is 51.9 Å². The molecule has 2 atom stereocenters. The van der Waals surface area contributed by atoms with Gasteiger partial charge in [-0.15, -0.1) is 0 Å². The van der Waals surface area contributed by atoms with Crippen molar-refractivity contribution in [1.82, 2.24) is 24.8 Å². The lowest BCUT2D eigenvalue weighted by Crippen LogP contribution is -2.50. The van der Waals surface area contributed by atoms with E-state index in [1.165, 1.54) is 19.4 Å². The van der Waals surface area contributed by atoms with Gasteiger partial charge in [-0.2, -0.15) is 0 Å². The third kappa shape index (κ3) is 4.27. The lowest BCUT2D eigenvalue weighted by Gasteiger charge is -2.39. The van der Waals surface area contributed by atoms with Crippen molar-refractivity contribution in [2.75, 3.05) is 38.1 Å². The molecule has 0 aromatic carbocycles. The molecule has 2 aromatic heterocycles. The van der Waals surface area contributed by atoms with Crippen molar-refractivity contribution in [3.63, 3.8) is 0 Å². The Bertz CT molecular complexity index is 830. The third-order valence-electron chi connectivity index (χ3n) is 6.40. The molecule has 2 saturated heterocycles. The predicted octanol–water partition coefficient (Wildman–Crippen LogP) is 2.15. The minimum Gasteiger partial charge on any atom is -0.391 e. The van der Waals surface area contributed by atoms with Crippen LogP contribution in [0.25, 0.3) is 0 Å². The number of aliphatic hydroxyl groups excluding tert-OH is 1. The number of aryl methyl sites for hydroxylation is 1. The lowest BCUT2D eigenvalue weighted by molar-refractivity contribution is 0.227. The fraction of sp³-hybridized carbons (Fsp3) is 0.591. The molecule has 2 fully saturated rings. The van der Waals surface area contributed by atoms with Crippen LogP contribution in [0.1, 0.15) is 48.6 Å². The Balaban J connectivity index is 1.57. The SMILES string of the molecule is Cc1nc(CN(C)[C@@H](C)c2ccccn2)c(CO)c(N2CCN3CCC[C@H]3C2)n1. The van der Waals surface area contributed by atoms with Gasteiger partial charge in [-0.05, 0) is 52.4 Å². The van der Waals surface area contributed by atoms with Gasteiger partial charge in [0.1, 0.15) is 11.6 Å². The van der Waals surface area contributed by atoms with Crippen LogP contribution in [0.3, 0.4) is 0 Å². The number of pyridine rings is 1. The second kappa shape index (κ2) is 8.73. The molecule has 0 aliphatic carbocycles. The van der Waals surface area contributed by atoms with Crippen LogP contribution >= 0.6 is 0 Å². The van der Waals surface area contributed by atoms with Crippen molar-refractivity contribution < 1.29 is 5.11 Å². The maximum atomic E-state index is 10.2. The highest BCUT2D eigenvalue weighted by molar-refractivity contribution is 5.50. The molecule has 0 saturated carbocycles. The second-order valence-electron chi connectivity index (χ2n) is 8.30. The molecule has 7 heteroatoms. The zero-order valence-corrected chi connectivity index (χ0v) is 17.8. The van der Waals surface area contributed by atoms with Gasteiger partial charge in [0.25, 0.3) is 0 Å². The molecule has 0 amide bonds. The Morgan fingerprint density at radius 3 is 2.86 bits per heavy atom. The van der Waals surface area contributed by atoms with Crippen molar-refractivity contribution in [2.24, 2.45) is 0 Å². The van der Waals surface area contributed by atoms with E-state index in [-0.39, 0.29) is 12.6 Å². The first kappa shape index (κ1) is 20.2. The summed E-state index contributed by atoms with van der Waals surface area (Å²) in [5.74, 6) is 1.68. The van der Waals surface area contributed by atoms with E-state index >= 15 is 0 Å². The molecule has 2 aliphatic heterocycles. The maximum Gasteiger partial charge on any atom is 0.138 e. The van der Waals surface area contributed by atoms with E-state index in [0.717, 1.165) is 48.2 Å². The molecular weight excluding hydrogens is 364 g/mol. The van der Waals surface area contributed by atoms with Crippen LogP contribution < -0.4 is 4.90 Å². The molecule has 0 bridgehead atoms. The average molecular weight is 397 g/mol. The summed E-state index contributed by atoms with van der Waals surface area (Å²) in [7, 11) is 2.08. The van der Waals surface area contributed by atoms with Crippen molar-refractivity contribution in [3.05, 3.63) is 47.2 Å². The molecule has 0 spiro atoms. The highest BCUT2D eigenvalue weighted by Crippen LogP contribution is 2.29. The third-order valence-corrected chi connectivity index (χ3v) is 6.40. The minimum atomic E-state index is -0.0400. The van der Waals surface area contributed by atoms with Gasteiger partial charge >= 0.3 is 0 Å². The summed E-state index contributed by atoms with van der Waals surface area (Å²) in [5, 5.41) is 10.2. The van der Waals surface area contributed by atoms with Gasteiger partial charge < -0.3 is 10.0 Å². The summed E-state index contributed by atoms with van der Waals surface area (Å²) < 4.78 is 0. The Morgan fingerprint density at radius 1 is 1.24 bits per heavy atom. The number of aromatic nitrogens is 3. The summed E-state index contributed by atoms with van der Waals surface area (Å²) in [6.07, 6.45) is 4.37. The zero-order valence-electron chi connectivity index (χ0n) is 17.8. The van der Waals surface area contributed by atoms with Crippen LogP contribution in [0, 0.1) is 6.92 Å². The molecule has 2 aliphatic rings. The van der Waals surface area contributed by atoms with Gasteiger partial charge in [0.15, 0.2) is 0 Å². The first-order chi connectivity index (χ1) is 14.1. The van der Waals surface area contributed by atoms with E-state index in [0.29, 0.717) is 12.6 Å². The summed E-state index contributed by atoms with van der Waals surface area (Å²) in [6.45, 7) is 8.94. The molecule has 4 heterocycles. The predicted molar refractivity (Wildman–Crippen MR) is 114 cm³/mol. The molecule has 0 unspecified atom stereocenters. The number of rotatable bonds is 6. The van der Waals surface area contributed by atoms with Crippen LogP contribution in [0.5, 0.6) is 0 Å². The highest BCUT2D eigenvalue weighted by Gasteiger charge is 2.32. The zero-order chi connectivity index (χ0) is 20.4. The van der Waals surface area contributed by atoms with Crippen LogP contribution in [0.4, 0.5) is 5.82 Å². The fourth-order valence-corrected chi connectivity index (χ4v) is 4.60. The number of aliphatic hydroxyl groups is 1. The van der Waals surface area contributed by atoms with E-state index in [2.05, 4.69) is 33.7 Å². The van der Waals surface area contributed by atoms with Crippen LogP contribution in [-0.4, -0.2) is 69.1 Å². The largest absolute Gasteiger partial charge is 0.391 e. The fourth-order valence-electron chi connectivity index (χ4n) is 4.60. The molecule has 1 N–H and O–H groups in total. The van der Waals surface area contributed by atoms with Gasteiger partial charge in [0.2, 0.25) is 0 Å². The number of anilines is 1. The smallest absolute Gasteiger partial charge is 0.138 e. The first-order valence-corrected chi connectivity index (χ1v) is 10.6. The molecule has 156 valence electrons. The second-order valence-corrected chi connectivity index (χ2v) is 8.30. The van der Waals surface area contributed by atoms with Crippen molar-refractivity contribution >= 4 is 5.82 Å². The van der Waals surface area contributed by atoms with E-state index in [4.69, 9.17) is 9.97 Å². The normalized spacial score (nSPS) is 20.9. The summed E-state index contributed by atoms with van der Waals surface area (Å²) in [4.78, 5) is 21.1. The van der Waals surface area contributed by atoms with Crippen LogP contribution in [0.15, 0.2) is 24.4 Å². The lowest BCUT2D eigenvalue weighted by atomic mass is 10.1. The number of hydrogen-bond donors (Lipinski definition) is 1. The number of fused-ring (bicyclic) bond motifs is 1. The molecule has 0 radical (unpaired) electrons. The van der Waals surface area contributed by atoms with Gasteiger partial charge in [-0.3, -0.25) is 14.8 Å². The topological polar surface area (TPSA) is 68.6 Å². The summed E-state index contributed by atoms with van der Waals surface area (Å²) >= 11 is 0. The Labute approximate surface area is 173 Å². The minimum absolute atomic E-state index is 0.0400. The van der Waals surface area contributed by atoms with E-state index in [9.17, 15) is 5.11 Å². The number of hydrogen-bond acceptors (Lipinski definition) is 7. The Kier molecular flexibility index (Phi) is 6.08. The van der Waals surface area contributed by atoms with Crippen LogP contribution in [-0.2, 0) is 13.2 Å². The van der Waals surface area contributed by atoms with Crippen molar-refractivity contribution in [1.29, 1.82) is 0 Å². The average Bonchev–Trinajstić information content (AvgIpc) is 3.21. The van der Waals surface area contributed by atoms with E-state index in [1.54, 1.807) is 0 Å². The first-order valence-electron chi connectivity index (χ1n) is 10.6. The quantitative estimate of drug-likeness (QED) is 0.802. The maximum absolute atomic E-state index is 10.2. The molecule has 4 rings (SSSR count). The van der Waals surface area contributed by atoms with Crippen molar-refractivity contribution in [3.8, 4) is 0 Å². The van der Waals surface area contributed by atoms with Gasteiger partial charge in [-0.25, -0.2) is 9.97 Å². The van der Waals surface area contributed by atoms with Gasteiger partial charge in [0, 0.05) is 50.0 Å². The Hall–Kier alpha value is -2.09. The highest BCUT2D eigenvalue weighted by atomic mass is 16.3. The molecule has 7 nitrogen and oxygen atoms in total. The monoisotopic (exact) mass is 396 g/mol. The van der Waals surface area contributed by atoms with Gasteiger partial charge in [-0.1, -0.05) is 6.07 Å². The van der Waals surface area contributed by atoms with Crippen LogP contribution in [0.2, 0.25) is 0 Å². The van der Waals surface area contributed by atoms with E-state index < -0.39 is 0 Å². The van der Waals surface area contributed by atoms with Gasteiger partial charge in [0.05, 0.1) is 18.0 Å². The molecule has 2 aromatic rings. The standard InChI is InChI=1S/C22H32N6O/c1-16(20-8-4-5-9-23-20)26(3)14-21-19(15-29)22(25-17(2)24-21)28-12-11-27-10-6-7-18(27)13-28/h4-5,8-9,16,18,29H,6-7,10-15H2,1-3H3/t16-,18-/m0/s1. The number of nitrogens with zero attached hydrogens (tertiary/aromatic N) is 6. The number of piperazine rings is 1.